The maximum atomic E-state index is 11.2. The maximum absolute atomic E-state index is 11.2. The zero-order valence-corrected chi connectivity index (χ0v) is 9.53. The number of hydrogen-bond donors (Lipinski definition) is 0. The molecule has 0 bridgehead atoms. The predicted octanol–water partition coefficient (Wildman–Crippen LogP) is 3.18. The zero-order valence-electron chi connectivity index (χ0n) is 8.02. The molecular formula is C11H6Cl2N2O. The second-order valence-corrected chi connectivity index (χ2v) is 3.72. The van der Waals surface area contributed by atoms with Gasteiger partial charge in [0, 0.05) is 11.8 Å². The topological polar surface area (TPSA) is 42.9 Å². The summed E-state index contributed by atoms with van der Waals surface area (Å²) in [6.07, 6.45) is 1.33. The molecule has 0 atom stereocenters. The summed E-state index contributed by atoms with van der Waals surface area (Å²) in [6, 6.07) is 9.19. The van der Waals surface area contributed by atoms with E-state index in [1.54, 1.807) is 0 Å². The van der Waals surface area contributed by atoms with Crippen LogP contribution in [0.3, 0.4) is 0 Å². The quantitative estimate of drug-likeness (QED) is 0.609. The van der Waals surface area contributed by atoms with Crippen molar-refractivity contribution in [1.82, 2.24) is 9.97 Å². The molecule has 16 heavy (non-hydrogen) atoms. The molecule has 0 saturated carbocycles. The lowest BCUT2D eigenvalue weighted by atomic mass is 10.1. The van der Waals surface area contributed by atoms with Crippen molar-refractivity contribution in [1.29, 1.82) is 0 Å². The molecule has 0 fully saturated rings. The molecule has 2 aromatic rings. The fourth-order valence-corrected chi connectivity index (χ4v) is 1.59. The van der Waals surface area contributed by atoms with Gasteiger partial charge in [-0.15, -0.1) is 0 Å². The molecule has 1 aromatic carbocycles. The third-order valence-corrected chi connectivity index (χ3v) is 2.40. The Morgan fingerprint density at radius 1 is 1.19 bits per heavy atom. The van der Waals surface area contributed by atoms with Gasteiger partial charge in [-0.25, -0.2) is 9.97 Å². The summed E-state index contributed by atoms with van der Waals surface area (Å²) >= 11 is 11.1. The van der Waals surface area contributed by atoms with Gasteiger partial charge in [0.25, 0.3) is 5.24 Å². The van der Waals surface area contributed by atoms with Gasteiger partial charge in [0.05, 0.1) is 11.3 Å². The highest BCUT2D eigenvalue weighted by molar-refractivity contribution is 6.68. The summed E-state index contributed by atoms with van der Waals surface area (Å²) in [4.78, 5) is 18.9. The van der Waals surface area contributed by atoms with Crippen LogP contribution in [-0.4, -0.2) is 15.2 Å². The maximum Gasteiger partial charge on any atom is 0.256 e. The Morgan fingerprint density at radius 3 is 2.50 bits per heavy atom. The third kappa shape index (κ3) is 2.21. The number of carbonyl (C=O) groups excluding carboxylic acids is 1. The van der Waals surface area contributed by atoms with Crippen LogP contribution in [-0.2, 0) is 0 Å². The highest BCUT2D eigenvalue weighted by atomic mass is 35.5. The molecule has 0 amide bonds. The molecule has 0 aliphatic carbocycles. The van der Waals surface area contributed by atoms with Crippen molar-refractivity contribution >= 4 is 28.4 Å². The van der Waals surface area contributed by atoms with E-state index in [9.17, 15) is 4.79 Å². The van der Waals surface area contributed by atoms with Crippen LogP contribution < -0.4 is 0 Å². The van der Waals surface area contributed by atoms with Crippen LogP contribution in [0.1, 0.15) is 10.4 Å². The zero-order chi connectivity index (χ0) is 11.5. The van der Waals surface area contributed by atoms with Gasteiger partial charge in [0.2, 0.25) is 5.28 Å². The monoisotopic (exact) mass is 252 g/mol. The van der Waals surface area contributed by atoms with Crippen LogP contribution in [0.15, 0.2) is 36.5 Å². The van der Waals surface area contributed by atoms with Crippen LogP contribution in [0.25, 0.3) is 11.3 Å². The van der Waals surface area contributed by atoms with Crippen LogP contribution in [0.4, 0.5) is 0 Å². The second-order valence-electron chi connectivity index (χ2n) is 3.04. The fraction of sp³-hybridized carbons (Fsp3) is 0. The Morgan fingerprint density at radius 2 is 1.88 bits per heavy atom. The molecule has 0 saturated heterocycles. The van der Waals surface area contributed by atoms with Gasteiger partial charge in [-0.1, -0.05) is 30.3 Å². The van der Waals surface area contributed by atoms with E-state index < -0.39 is 5.24 Å². The van der Waals surface area contributed by atoms with Crippen molar-refractivity contribution < 1.29 is 4.79 Å². The smallest absolute Gasteiger partial charge is 0.256 e. The standard InChI is InChI=1S/C11H6Cl2N2O/c12-10(16)8-6-14-11(13)15-9(8)7-4-2-1-3-5-7/h1-6H. The highest BCUT2D eigenvalue weighted by Gasteiger charge is 2.13. The minimum atomic E-state index is -0.601. The first-order valence-electron chi connectivity index (χ1n) is 4.46. The van der Waals surface area contributed by atoms with Crippen molar-refractivity contribution in [3.8, 4) is 11.3 Å². The van der Waals surface area contributed by atoms with E-state index in [0.717, 1.165) is 5.56 Å². The fourth-order valence-electron chi connectivity index (χ4n) is 1.32. The predicted molar refractivity (Wildman–Crippen MR) is 62.7 cm³/mol. The van der Waals surface area contributed by atoms with E-state index in [1.165, 1.54) is 6.20 Å². The van der Waals surface area contributed by atoms with E-state index in [2.05, 4.69) is 9.97 Å². The van der Waals surface area contributed by atoms with Crippen molar-refractivity contribution in [2.75, 3.05) is 0 Å². The number of benzene rings is 1. The number of nitrogens with zero attached hydrogens (tertiary/aromatic N) is 2. The van der Waals surface area contributed by atoms with Crippen molar-refractivity contribution in [2.24, 2.45) is 0 Å². The average molecular weight is 253 g/mol. The van der Waals surface area contributed by atoms with Crippen LogP contribution in [0.5, 0.6) is 0 Å². The summed E-state index contributed by atoms with van der Waals surface area (Å²) in [5, 5.41) is -0.518. The minimum absolute atomic E-state index is 0.0838. The molecule has 1 aromatic heterocycles. The first-order chi connectivity index (χ1) is 7.68. The number of aromatic nitrogens is 2. The average Bonchev–Trinajstić information content (AvgIpc) is 2.29. The van der Waals surface area contributed by atoms with E-state index >= 15 is 0 Å². The van der Waals surface area contributed by atoms with E-state index in [1.807, 2.05) is 30.3 Å². The first-order valence-corrected chi connectivity index (χ1v) is 5.22. The van der Waals surface area contributed by atoms with Gasteiger partial charge in [-0.2, -0.15) is 0 Å². The second kappa shape index (κ2) is 4.60. The summed E-state index contributed by atoms with van der Waals surface area (Å²) in [5.74, 6) is 0. The Hall–Kier alpha value is -1.45. The molecule has 0 spiro atoms. The lowest BCUT2D eigenvalue weighted by Gasteiger charge is -2.04. The summed E-state index contributed by atoms with van der Waals surface area (Å²) in [6.45, 7) is 0. The first kappa shape index (κ1) is 11.0. The van der Waals surface area contributed by atoms with Crippen molar-refractivity contribution in [3.63, 3.8) is 0 Å². The van der Waals surface area contributed by atoms with Gasteiger partial charge >= 0.3 is 0 Å². The molecule has 0 aliphatic rings. The number of rotatable bonds is 2. The number of hydrogen-bond acceptors (Lipinski definition) is 3. The normalized spacial score (nSPS) is 10.1. The summed E-state index contributed by atoms with van der Waals surface area (Å²) < 4.78 is 0. The molecule has 0 aliphatic heterocycles. The van der Waals surface area contributed by atoms with Gasteiger partial charge in [-0.3, -0.25) is 4.79 Å². The van der Waals surface area contributed by atoms with Gasteiger partial charge < -0.3 is 0 Å². The third-order valence-electron chi connectivity index (χ3n) is 2.02. The number of halogens is 2. The van der Waals surface area contributed by atoms with Crippen LogP contribution in [0.2, 0.25) is 5.28 Å². The molecule has 0 unspecified atom stereocenters. The molecule has 3 nitrogen and oxygen atoms in total. The van der Waals surface area contributed by atoms with Gasteiger partial charge in [0.1, 0.15) is 0 Å². The molecule has 0 N–H and O–H groups in total. The Kier molecular flexibility index (Phi) is 3.17. The lowest BCUT2D eigenvalue weighted by molar-refractivity contribution is 0.108. The Labute approximate surface area is 102 Å². The van der Waals surface area contributed by atoms with E-state index in [-0.39, 0.29) is 10.8 Å². The Bertz CT molecular complexity index is 529. The van der Waals surface area contributed by atoms with Gasteiger partial charge in [0.15, 0.2) is 0 Å². The molecule has 80 valence electrons. The molecule has 1 heterocycles. The largest absolute Gasteiger partial charge is 0.275 e. The summed E-state index contributed by atoms with van der Waals surface area (Å²) in [7, 11) is 0. The molecule has 0 radical (unpaired) electrons. The molecular weight excluding hydrogens is 247 g/mol. The highest BCUT2D eigenvalue weighted by Crippen LogP contribution is 2.23. The Balaban J connectivity index is 2.63. The molecule has 2 rings (SSSR count). The SMILES string of the molecule is O=C(Cl)c1cnc(Cl)nc1-c1ccccc1. The lowest BCUT2D eigenvalue weighted by Crippen LogP contribution is -1.98. The number of carbonyl (C=O) groups is 1. The van der Waals surface area contributed by atoms with Crippen LogP contribution in [0, 0.1) is 0 Å². The minimum Gasteiger partial charge on any atom is -0.275 e. The van der Waals surface area contributed by atoms with E-state index in [0.29, 0.717) is 5.69 Å². The van der Waals surface area contributed by atoms with E-state index in [4.69, 9.17) is 23.2 Å². The van der Waals surface area contributed by atoms with Crippen LogP contribution >= 0.6 is 23.2 Å². The molecule has 5 heteroatoms. The van der Waals surface area contributed by atoms with Gasteiger partial charge in [-0.05, 0) is 23.2 Å². The summed E-state index contributed by atoms with van der Waals surface area (Å²) in [5.41, 5.74) is 1.47. The van der Waals surface area contributed by atoms with Crippen molar-refractivity contribution in [2.45, 2.75) is 0 Å². The van der Waals surface area contributed by atoms with Crippen molar-refractivity contribution in [3.05, 3.63) is 47.4 Å².